The van der Waals surface area contributed by atoms with Crippen LogP contribution in [0.5, 0.6) is 0 Å². The number of para-hydroxylation sites is 1. The third-order valence-electron chi connectivity index (χ3n) is 4.81. The maximum Gasteiger partial charge on any atom is 0.264 e. The third kappa shape index (κ3) is 2.52. The fraction of sp³-hybridized carbons (Fsp3) is 0. The maximum atomic E-state index is 13.3. The Bertz CT molecular complexity index is 1190. The number of hydrogen-bond donors (Lipinski definition) is 0. The van der Waals surface area contributed by atoms with Crippen LogP contribution in [-0.2, 0) is 0 Å². The monoisotopic (exact) mass is 348 g/mol. The number of fused-ring (bicyclic) bond motifs is 2. The Morgan fingerprint density at radius 1 is 0.630 bits per heavy atom. The van der Waals surface area contributed by atoms with E-state index in [1.165, 1.54) is 0 Å². The molecule has 1 aliphatic rings. The molecule has 0 atom stereocenters. The van der Waals surface area contributed by atoms with E-state index in [1.807, 2.05) is 84.9 Å². The highest BCUT2D eigenvalue weighted by molar-refractivity contribution is 6.38. The van der Waals surface area contributed by atoms with Crippen molar-refractivity contribution in [3.05, 3.63) is 108 Å². The van der Waals surface area contributed by atoms with Gasteiger partial charge >= 0.3 is 0 Å². The first kappa shape index (κ1) is 15.5. The zero-order chi connectivity index (χ0) is 18.2. The van der Waals surface area contributed by atoms with E-state index in [4.69, 9.17) is 4.99 Å². The highest BCUT2D eigenvalue weighted by Crippen LogP contribution is 2.34. The van der Waals surface area contributed by atoms with Crippen molar-refractivity contribution in [1.82, 2.24) is 0 Å². The van der Waals surface area contributed by atoms with E-state index in [-0.39, 0.29) is 5.91 Å². The Labute approximate surface area is 157 Å². The lowest BCUT2D eigenvalue weighted by Gasteiger charge is -2.19. The van der Waals surface area contributed by atoms with Crippen molar-refractivity contribution in [2.24, 2.45) is 4.99 Å². The van der Waals surface area contributed by atoms with Gasteiger partial charge in [0, 0.05) is 10.9 Å². The lowest BCUT2D eigenvalue weighted by molar-refractivity contribution is 0.101. The molecule has 0 aromatic heterocycles. The zero-order valence-corrected chi connectivity index (χ0v) is 14.5. The van der Waals surface area contributed by atoms with Crippen LogP contribution in [0.3, 0.4) is 0 Å². The van der Waals surface area contributed by atoms with Gasteiger partial charge in [0.05, 0.1) is 16.9 Å². The molecule has 1 amide bonds. The van der Waals surface area contributed by atoms with Gasteiger partial charge in [0.15, 0.2) is 0 Å². The van der Waals surface area contributed by atoms with Crippen molar-refractivity contribution in [3.8, 4) is 0 Å². The molecule has 0 saturated heterocycles. The van der Waals surface area contributed by atoms with Gasteiger partial charge < -0.3 is 0 Å². The SMILES string of the molecule is O=C1c2ccccc2C(=Nc2ccccc2)N1c1cccc2ccccc12. The van der Waals surface area contributed by atoms with E-state index in [0.29, 0.717) is 11.4 Å². The Morgan fingerprint density at radius 3 is 2.15 bits per heavy atom. The summed E-state index contributed by atoms with van der Waals surface area (Å²) in [5.41, 5.74) is 3.21. The minimum Gasteiger partial charge on any atom is -0.268 e. The van der Waals surface area contributed by atoms with Crippen LogP contribution in [0.25, 0.3) is 10.8 Å². The molecule has 1 aliphatic heterocycles. The average Bonchev–Trinajstić information content (AvgIpc) is 3.00. The van der Waals surface area contributed by atoms with Crippen molar-refractivity contribution in [1.29, 1.82) is 0 Å². The fourth-order valence-electron chi connectivity index (χ4n) is 3.56. The van der Waals surface area contributed by atoms with Gasteiger partial charge in [0.1, 0.15) is 5.84 Å². The van der Waals surface area contributed by atoms with Crippen LogP contribution in [0, 0.1) is 0 Å². The predicted octanol–water partition coefficient (Wildman–Crippen LogP) is 5.58. The van der Waals surface area contributed by atoms with Crippen LogP contribution in [0.15, 0.2) is 102 Å². The first-order chi connectivity index (χ1) is 13.3. The molecule has 4 aromatic rings. The van der Waals surface area contributed by atoms with Gasteiger partial charge in [0.2, 0.25) is 0 Å². The smallest absolute Gasteiger partial charge is 0.264 e. The number of amides is 1. The highest BCUT2D eigenvalue weighted by atomic mass is 16.2. The lowest BCUT2D eigenvalue weighted by atomic mass is 10.1. The molecule has 0 unspecified atom stereocenters. The number of rotatable bonds is 2. The topological polar surface area (TPSA) is 32.7 Å². The molecule has 128 valence electrons. The van der Waals surface area contributed by atoms with Crippen molar-refractivity contribution in [2.45, 2.75) is 0 Å². The predicted molar refractivity (Wildman–Crippen MR) is 110 cm³/mol. The zero-order valence-electron chi connectivity index (χ0n) is 14.5. The van der Waals surface area contributed by atoms with E-state index in [0.717, 1.165) is 27.7 Å². The van der Waals surface area contributed by atoms with E-state index < -0.39 is 0 Å². The Balaban J connectivity index is 1.77. The minimum absolute atomic E-state index is 0.0448. The molecule has 0 spiro atoms. The van der Waals surface area contributed by atoms with Gasteiger partial charge in [-0.2, -0.15) is 0 Å². The molecule has 0 radical (unpaired) electrons. The second-order valence-electron chi connectivity index (χ2n) is 6.46. The molecule has 0 N–H and O–H groups in total. The van der Waals surface area contributed by atoms with Gasteiger partial charge in [-0.05, 0) is 29.7 Å². The summed E-state index contributed by atoms with van der Waals surface area (Å²) in [5, 5.41) is 2.12. The Kier molecular flexibility index (Phi) is 3.58. The van der Waals surface area contributed by atoms with Gasteiger partial charge in [0.25, 0.3) is 5.91 Å². The number of aliphatic imine (C=N–C) groups is 1. The summed E-state index contributed by atoms with van der Waals surface area (Å²) < 4.78 is 0. The van der Waals surface area contributed by atoms with Gasteiger partial charge in [-0.3, -0.25) is 9.69 Å². The van der Waals surface area contributed by atoms with Gasteiger partial charge in [-0.15, -0.1) is 0 Å². The average molecular weight is 348 g/mol. The normalized spacial score (nSPS) is 14.7. The summed E-state index contributed by atoms with van der Waals surface area (Å²) in [7, 11) is 0. The van der Waals surface area contributed by atoms with Crippen molar-refractivity contribution >= 4 is 33.9 Å². The standard InChI is InChI=1S/C24H16N2O/c27-24-21-15-7-6-14-20(21)23(25-18-11-2-1-3-12-18)26(24)22-16-8-10-17-9-4-5-13-19(17)22/h1-16H. The molecule has 0 bridgehead atoms. The van der Waals surface area contributed by atoms with E-state index in [1.54, 1.807) is 4.90 Å². The molecule has 0 saturated carbocycles. The van der Waals surface area contributed by atoms with E-state index in [9.17, 15) is 4.79 Å². The van der Waals surface area contributed by atoms with Crippen LogP contribution in [0.4, 0.5) is 11.4 Å². The van der Waals surface area contributed by atoms with Gasteiger partial charge in [-0.1, -0.05) is 72.8 Å². The molecule has 0 aliphatic carbocycles. The fourth-order valence-corrected chi connectivity index (χ4v) is 3.56. The summed E-state index contributed by atoms with van der Waals surface area (Å²) in [5.74, 6) is 0.620. The number of hydrogen-bond acceptors (Lipinski definition) is 2. The molecule has 4 aromatic carbocycles. The quantitative estimate of drug-likeness (QED) is 0.465. The van der Waals surface area contributed by atoms with Crippen molar-refractivity contribution in [2.75, 3.05) is 4.90 Å². The summed E-state index contributed by atoms with van der Waals surface area (Å²) >= 11 is 0. The van der Waals surface area contributed by atoms with Crippen molar-refractivity contribution in [3.63, 3.8) is 0 Å². The summed E-state index contributed by atoms with van der Waals surface area (Å²) in [6.07, 6.45) is 0. The third-order valence-corrected chi connectivity index (χ3v) is 4.81. The number of amidine groups is 1. The van der Waals surface area contributed by atoms with E-state index >= 15 is 0 Å². The summed E-state index contributed by atoms with van der Waals surface area (Å²) in [6, 6.07) is 31.5. The number of benzene rings is 4. The van der Waals surface area contributed by atoms with Crippen LogP contribution >= 0.6 is 0 Å². The number of anilines is 1. The highest BCUT2D eigenvalue weighted by Gasteiger charge is 2.35. The second kappa shape index (κ2) is 6.22. The van der Waals surface area contributed by atoms with Crippen LogP contribution in [0.2, 0.25) is 0 Å². The number of carbonyl (C=O) groups is 1. The van der Waals surface area contributed by atoms with Crippen LogP contribution in [-0.4, -0.2) is 11.7 Å². The molecule has 3 nitrogen and oxygen atoms in total. The molecule has 27 heavy (non-hydrogen) atoms. The Morgan fingerprint density at radius 2 is 1.30 bits per heavy atom. The largest absolute Gasteiger partial charge is 0.268 e. The molecule has 3 heteroatoms. The van der Waals surface area contributed by atoms with Crippen LogP contribution in [0.1, 0.15) is 15.9 Å². The van der Waals surface area contributed by atoms with Crippen LogP contribution < -0.4 is 4.90 Å². The molecule has 0 fully saturated rings. The second-order valence-corrected chi connectivity index (χ2v) is 6.46. The summed E-state index contributed by atoms with van der Waals surface area (Å²) in [4.78, 5) is 19.9. The lowest BCUT2D eigenvalue weighted by Crippen LogP contribution is -2.30. The Hall–Kier alpha value is -3.72. The number of nitrogens with zero attached hydrogens (tertiary/aromatic N) is 2. The molecular weight excluding hydrogens is 332 g/mol. The van der Waals surface area contributed by atoms with E-state index in [2.05, 4.69) is 12.1 Å². The van der Waals surface area contributed by atoms with Crippen molar-refractivity contribution < 1.29 is 4.79 Å². The first-order valence-electron chi connectivity index (χ1n) is 8.88. The maximum absolute atomic E-state index is 13.3. The minimum atomic E-state index is -0.0448. The van der Waals surface area contributed by atoms with Gasteiger partial charge in [-0.25, -0.2) is 4.99 Å². The molecular formula is C24H16N2O. The number of carbonyl (C=O) groups excluding carboxylic acids is 1. The molecule has 5 rings (SSSR count). The first-order valence-corrected chi connectivity index (χ1v) is 8.88. The molecule has 1 heterocycles. The summed E-state index contributed by atoms with van der Waals surface area (Å²) in [6.45, 7) is 0.